The molecule has 2 amide bonds. The number of pyridine rings is 1. The summed E-state index contributed by atoms with van der Waals surface area (Å²) in [6.45, 7) is 6.76. The van der Waals surface area contributed by atoms with Gasteiger partial charge in [-0.15, -0.1) is 0 Å². The van der Waals surface area contributed by atoms with E-state index in [4.69, 9.17) is 4.74 Å². The fourth-order valence-corrected chi connectivity index (χ4v) is 3.83. The van der Waals surface area contributed by atoms with Crippen molar-refractivity contribution in [3.05, 3.63) is 24.0 Å². The highest BCUT2D eigenvalue weighted by Gasteiger charge is 2.21. The minimum absolute atomic E-state index is 0.0498. The SMILES string of the molecule is Cc1cnccc1N1CCN(C(=O)NCCCOC2CCCCC2)CC1. The minimum Gasteiger partial charge on any atom is -0.378 e. The molecule has 1 aliphatic heterocycles. The molecule has 26 heavy (non-hydrogen) atoms. The monoisotopic (exact) mass is 360 g/mol. The number of carbonyl (C=O) groups is 1. The highest BCUT2D eigenvalue weighted by atomic mass is 16.5. The number of nitrogens with one attached hydrogen (secondary N) is 1. The minimum atomic E-state index is 0.0498. The maximum atomic E-state index is 12.3. The first-order chi connectivity index (χ1) is 12.7. The van der Waals surface area contributed by atoms with Crippen molar-refractivity contribution < 1.29 is 9.53 Å². The van der Waals surface area contributed by atoms with Crippen LogP contribution in [0, 0.1) is 6.92 Å². The molecular weight excluding hydrogens is 328 g/mol. The molecule has 0 radical (unpaired) electrons. The highest BCUT2D eigenvalue weighted by Crippen LogP contribution is 2.21. The Morgan fingerprint density at radius 2 is 2.00 bits per heavy atom. The number of aryl methyl sites for hydroxylation is 1. The van der Waals surface area contributed by atoms with Crippen molar-refractivity contribution >= 4 is 11.7 Å². The Bertz CT molecular complexity index is 567. The second-order valence-electron chi connectivity index (χ2n) is 7.35. The zero-order valence-corrected chi connectivity index (χ0v) is 16.0. The van der Waals surface area contributed by atoms with E-state index in [-0.39, 0.29) is 6.03 Å². The van der Waals surface area contributed by atoms with E-state index in [1.165, 1.54) is 43.4 Å². The summed E-state index contributed by atoms with van der Waals surface area (Å²) in [7, 11) is 0. The van der Waals surface area contributed by atoms with Crippen LogP contribution in [0.15, 0.2) is 18.5 Å². The largest absolute Gasteiger partial charge is 0.378 e. The van der Waals surface area contributed by atoms with Gasteiger partial charge in [0.2, 0.25) is 0 Å². The Hall–Kier alpha value is -1.82. The number of anilines is 1. The van der Waals surface area contributed by atoms with E-state index in [0.29, 0.717) is 12.6 Å². The Morgan fingerprint density at radius 3 is 2.73 bits per heavy atom. The van der Waals surface area contributed by atoms with Gasteiger partial charge in [0, 0.05) is 57.4 Å². The molecule has 6 heteroatoms. The van der Waals surface area contributed by atoms with E-state index in [9.17, 15) is 4.79 Å². The molecule has 1 saturated heterocycles. The number of amides is 2. The van der Waals surface area contributed by atoms with Crippen molar-refractivity contribution in [3.8, 4) is 0 Å². The number of hydrogen-bond acceptors (Lipinski definition) is 4. The number of hydrogen-bond donors (Lipinski definition) is 1. The van der Waals surface area contributed by atoms with E-state index >= 15 is 0 Å². The molecular formula is C20H32N4O2. The molecule has 2 heterocycles. The van der Waals surface area contributed by atoms with Crippen LogP contribution in [0.1, 0.15) is 44.1 Å². The summed E-state index contributed by atoms with van der Waals surface area (Å²) >= 11 is 0. The molecule has 2 aliphatic rings. The van der Waals surface area contributed by atoms with E-state index in [1.54, 1.807) is 0 Å². The van der Waals surface area contributed by atoms with Gasteiger partial charge >= 0.3 is 6.03 Å². The highest BCUT2D eigenvalue weighted by molar-refractivity contribution is 5.74. The number of piperazine rings is 1. The summed E-state index contributed by atoms with van der Waals surface area (Å²) in [5, 5.41) is 3.03. The summed E-state index contributed by atoms with van der Waals surface area (Å²) in [6.07, 6.45) is 11.4. The topological polar surface area (TPSA) is 57.7 Å². The molecule has 0 bridgehead atoms. The fraction of sp³-hybridized carbons (Fsp3) is 0.700. The van der Waals surface area contributed by atoms with Crippen LogP contribution in [0.5, 0.6) is 0 Å². The molecule has 0 aromatic carbocycles. The molecule has 1 saturated carbocycles. The number of carbonyl (C=O) groups excluding carboxylic acids is 1. The van der Waals surface area contributed by atoms with Crippen LogP contribution < -0.4 is 10.2 Å². The third-order valence-electron chi connectivity index (χ3n) is 5.40. The fourth-order valence-electron chi connectivity index (χ4n) is 3.83. The summed E-state index contributed by atoms with van der Waals surface area (Å²) in [4.78, 5) is 20.7. The van der Waals surface area contributed by atoms with Gasteiger partial charge in [-0.05, 0) is 37.8 Å². The molecule has 0 atom stereocenters. The summed E-state index contributed by atoms with van der Waals surface area (Å²) in [5.41, 5.74) is 2.41. The van der Waals surface area contributed by atoms with Crippen molar-refractivity contribution in [3.63, 3.8) is 0 Å². The normalized spacial score (nSPS) is 18.8. The maximum Gasteiger partial charge on any atom is 0.317 e. The lowest BCUT2D eigenvalue weighted by Gasteiger charge is -2.36. The number of ether oxygens (including phenoxy) is 1. The number of rotatable bonds is 6. The molecule has 2 fully saturated rings. The molecule has 3 rings (SSSR count). The van der Waals surface area contributed by atoms with E-state index in [2.05, 4.69) is 28.2 Å². The molecule has 144 valence electrons. The van der Waals surface area contributed by atoms with Gasteiger partial charge < -0.3 is 19.9 Å². The lowest BCUT2D eigenvalue weighted by atomic mass is 9.98. The molecule has 1 aromatic heterocycles. The second kappa shape index (κ2) is 9.76. The van der Waals surface area contributed by atoms with Crippen LogP contribution >= 0.6 is 0 Å². The van der Waals surface area contributed by atoms with Gasteiger partial charge in [-0.3, -0.25) is 4.98 Å². The summed E-state index contributed by atoms with van der Waals surface area (Å²) < 4.78 is 5.91. The molecule has 1 aromatic rings. The molecule has 6 nitrogen and oxygen atoms in total. The number of aromatic nitrogens is 1. The standard InChI is InChI=1S/C20H32N4O2/c1-17-16-21-10-8-19(17)23-11-13-24(14-12-23)20(25)22-9-5-15-26-18-6-3-2-4-7-18/h8,10,16,18H,2-7,9,11-15H2,1H3,(H,22,25). The van der Waals surface area contributed by atoms with Gasteiger partial charge in [0.1, 0.15) is 0 Å². The van der Waals surface area contributed by atoms with Gasteiger partial charge in [0.25, 0.3) is 0 Å². The van der Waals surface area contributed by atoms with Gasteiger partial charge in [-0.2, -0.15) is 0 Å². The third-order valence-corrected chi connectivity index (χ3v) is 5.40. The van der Waals surface area contributed by atoms with Gasteiger partial charge in [0.15, 0.2) is 0 Å². The summed E-state index contributed by atoms with van der Waals surface area (Å²) in [6, 6.07) is 2.10. The summed E-state index contributed by atoms with van der Waals surface area (Å²) in [5.74, 6) is 0. The first-order valence-electron chi connectivity index (χ1n) is 10.0. The molecule has 0 spiro atoms. The van der Waals surface area contributed by atoms with Crippen LogP contribution in [0.3, 0.4) is 0 Å². The van der Waals surface area contributed by atoms with Gasteiger partial charge in [0.05, 0.1) is 6.10 Å². The molecule has 1 aliphatic carbocycles. The van der Waals surface area contributed by atoms with Crippen LogP contribution in [-0.2, 0) is 4.74 Å². The quantitative estimate of drug-likeness (QED) is 0.793. The second-order valence-corrected chi connectivity index (χ2v) is 7.35. The average Bonchev–Trinajstić information content (AvgIpc) is 2.69. The smallest absolute Gasteiger partial charge is 0.317 e. The van der Waals surface area contributed by atoms with Gasteiger partial charge in [-0.25, -0.2) is 4.79 Å². The van der Waals surface area contributed by atoms with E-state index in [1.807, 2.05) is 17.3 Å². The van der Waals surface area contributed by atoms with Crippen molar-refractivity contribution in [1.82, 2.24) is 15.2 Å². The maximum absolute atomic E-state index is 12.3. The molecule has 0 unspecified atom stereocenters. The Balaban J connectivity index is 1.30. The molecule has 1 N–H and O–H groups in total. The van der Waals surface area contributed by atoms with Crippen molar-refractivity contribution in [1.29, 1.82) is 0 Å². The predicted octanol–water partition coefficient (Wildman–Crippen LogP) is 2.96. The van der Waals surface area contributed by atoms with Crippen LogP contribution in [0.25, 0.3) is 0 Å². The number of urea groups is 1. The average molecular weight is 361 g/mol. The van der Waals surface area contributed by atoms with Crippen LogP contribution in [0.2, 0.25) is 0 Å². The zero-order valence-electron chi connectivity index (χ0n) is 16.0. The van der Waals surface area contributed by atoms with Crippen molar-refractivity contribution in [2.24, 2.45) is 0 Å². The van der Waals surface area contributed by atoms with E-state index in [0.717, 1.165) is 39.2 Å². The van der Waals surface area contributed by atoms with E-state index < -0.39 is 0 Å². The van der Waals surface area contributed by atoms with Gasteiger partial charge in [-0.1, -0.05) is 19.3 Å². The third kappa shape index (κ3) is 5.34. The Kier molecular flexibility index (Phi) is 7.12. The van der Waals surface area contributed by atoms with Crippen molar-refractivity contribution in [2.75, 3.05) is 44.2 Å². The Morgan fingerprint density at radius 1 is 1.23 bits per heavy atom. The van der Waals surface area contributed by atoms with Crippen LogP contribution in [0.4, 0.5) is 10.5 Å². The Labute approximate surface area is 156 Å². The lowest BCUT2D eigenvalue weighted by Crippen LogP contribution is -2.52. The zero-order chi connectivity index (χ0) is 18.2. The first-order valence-corrected chi connectivity index (χ1v) is 10.0. The van der Waals surface area contributed by atoms with Crippen molar-refractivity contribution in [2.45, 2.75) is 51.6 Å². The lowest BCUT2D eigenvalue weighted by molar-refractivity contribution is 0.0274. The first kappa shape index (κ1) is 19.0. The predicted molar refractivity (Wildman–Crippen MR) is 104 cm³/mol. The van der Waals surface area contributed by atoms with Crippen LogP contribution in [-0.4, -0.2) is 61.3 Å². The number of nitrogens with zero attached hydrogens (tertiary/aromatic N) is 3.